The van der Waals surface area contributed by atoms with Crippen molar-refractivity contribution in [1.82, 2.24) is 15.3 Å². The maximum absolute atomic E-state index is 11.5. The van der Waals surface area contributed by atoms with Crippen LogP contribution in [0.5, 0.6) is 0 Å². The zero-order chi connectivity index (χ0) is 12.8. The van der Waals surface area contributed by atoms with Gasteiger partial charge in [0.05, 0.1) is 24.1 Å². The monoisotopic (exact) mass is 232 g/mol. The average Bonchev–Trinajstić information content (AvgIpc) is 2.34. The summed E-state index contributed by atoms with van der Waals surface area (Å²) >= 11 is 0. The van der Waals surface area contributed by atoms with Gasteiger partial charge >= 0.3 is 0 Å². The van der Waals surface area contributed by atoms with Crippen LogP contribution < -0.4 is 11.1 Å². The van der Waals surface area contributed by atoms with Crippen LogP contribution in [0.15, 0.2) is 19.4 Å². The second kappa shape index (κ2) is 5.55. The topological polar surface area (TPSA) is 98.0 Å². The van der Waals surface area contributed by atoms with Gasteiger partial charge in [-0.3, -0.25) is 14.6 Å². The molecule has 0 fully saturated rings. The molecule has 0 bridgehead atoms. The molecule has 3 N–H and O–H groups in total. The maximum atomic E-state index is 11.5. The van der Waals surface area contributed by atoms with Crippen molar-refractivity contribution in [1.29, 1.82) is 0 Å². The molecule has 0 unspecified atom stereocenters. The molecular formula is C11H12N4O2. The average molecular weight is 232 g/mol. The van der Waals surface area contributed by atoms with Crippen molar-refractivity contribution in [3.8, 4) is 0 Å². The molecular weight excluding hydrogens is 220 g/mol. The molecule has 6 heteroatoms. The van der Waals surface area contributed by atoms with E-state index in [-0.39, 0.29) is 12.2 Å². The molecule has 88 valence electrons. The van der Waals surface area contributed by atoms with Gasteiger partial charge in [0.2, 0.25) is 5.91 Å². The Morgan fingerprint density at radius 2 is 2.00 bits per heavy atom. The number of hydrogen-bond donors (Lipinski definition) is 2. The number of hydrogen-bond acceptors (Lipinski definition) is 4. The molecule has 1 aromatic rings. The fourth-order valence-corrected chi connectivity index (χ4v) is 1.09. The molecule has 1 aromatic heterocycles. The first kappa shape index (κ1) is 12.6. The largest absolute Gasteiger partial charge is 0.368 e. The molecule has 0 aliphatic heterocycles. The van der Waals surface area contributed by atoms with Crippen molar-refractivity contribution < 1.29 is 9.59 Å². The fraction of sp³-hybridized carbons (Fsp3) is 0.0909. The molecule has 1 heterocycles. The van der Waals surface area contributed by atoms with Crippen LogP contribution >= 0.6 is 0 Å². The molecule has 0 saturated heterocycles. The molecule has 1 rings (SSSR count). The standard InChI is InChI=1S/C11H12N4O2/c1-3-7-8(4-2)15-9(5-13-7)11(17)14-6-10(12)16/h3-5H,1-2,6H2,(H2,12,16)(H,14,17). The van der Waals surface area contributed by atoms with E-state index in [1.165, 1.54) is 18.3 Å². The summed E-state index contributed by atoms with van der Waals surface area (Å²) in [6.45, 7) is 6.88. The highest BCUT2D eigenvalue weighted by Crippen LogP contribution is 2.06. The zero-order valence-electron chi connectivity index (χ0n) is 9.14. The summed E-state index contributed by atoms with van der Waals surface area (Å²) in [7, 11) is 0. The van der Waals surface area contributed by atoms with Crippen LogP contribution in [-0.2, 0) is 4.79 Å². The number of aromatic nitrogens is 2. The summed E-state index contributed by atoms with van der Waals surface area (Å²) in [5.41, 5.74) is 5.98. The third kappa shape index (κ3) is 3.23. The van der Waals surface area contributed by atoms with Crippen molar-refractivity contribution in [3.05, 3.63) is 36.4 Å². The fourth-order valence-electron chi connectivity index (χ4n) is 1.09. The van der Waals surface area contributed by atoms with Crippen molar-refractivity contribution in [3.63, 3.8) is 0 Å². The highest BCUT2D eigenvalue weighted by Gasteiger charge is 2.10. The number of nitrogens with one attached hydrogen (secondary N) is 1. The molecule has 0 atom stereocenters. The van der Waals surface area contributed by atoms with E-state index < -0.39 is 11.8 Å². The second-order valence-corrected chi connectivity index (χ2v) is 3.08. The van der Waals surface area contributed by atoms with Crippen molar-refractivity contribution in [2.75, 3.05) is 6.54 Å². The lowest BCUT2D eigenvalue weighted by Gasteiger charge is -2.04. The molecule has 17 heavy (non-hydrogen) atoms. The van der Waals surface area contributed by atoms with Crippen LogP contribution in [0.2, 0.25) is 0 Å². The van der Waals surface area contributed by atoms with Crippen LogP contribution in [0.25, 0.3) is 12.2 Å². The number of nitrogens with zero attached hydrogens (tertiary/aromatic N) is 2. The van der Waals surface area contributed by atoms with Crippen molar-refractivity contribution in [2.24, 2.45) is 5.73 Å². The number of primary amides is 1. The van der Waals surface area contributed by atoms with Crippen LogP contribution in [-0.4, -0.2) is 28.3 Å². The molecule has 0 aromatic carbocycles. The quantitative estimate of drug-likeness (QED) is 0.745. The lowest BCUT2D eigenvalue weighted by atomic mass is 10.2. The van der Waals surface area contributed by atoms with Gasteiger partial charge in [0, 0.05) is 0 Å². The lowest BCUT2D eigenvalue weighted by molar-refractivity contribution is -0.117. The first-order valence-corrected chi connectivity index (χ1v) is 4.77. The van der Waals surface area contributed by atoms with Gasteiger partial charge in [-0.15, -0.1) is 0 Å². The summed E-state index contributed by atoms with van der Waals surface area (Å²) in [5.74, 6) is -1.15. The van der Waals surface area contributed by atoms with E-state index in [0.29, 0.717) is 11.4 Å². The minimum absolute atomic E-state index is 0.0896. The molecule has 0 spiro atoms. The summed E-state index contributed by atoms with van der Waals surface area (Å²) in [5, 5.41) is 2.31. The maximum Gasteiger partial charge on any atom is 0.271 e. The highest BCUT2D eigenvalue weighted by molar-refractivity contribution is 5.94. The third-order valence-electron chi connectivity index (χ3n) is 1.87. The van der Waals surface area contributed by atoms with Crippen LogP contribution in [0.1, 0.15) is 21.9 Å². The van der Waals surface area contributed by atoms with E-state index in [1.807, 2.05) is 0 Å². The molecule has 2 amide bonds. The number of rotatable bonds is 5. The highest BCUT2D eigenvalue weighted by atomic mass is 16.2. The summed E-state index contributed by atoms with van der Waals surface area (Å²) < 4.78 is 0. The molecule has 0 radical (unpaired) electrons. The lowest BCUT2D eigenvalue weighted by Crippen LogP contribution is -2.33. The minimum Gasteiger partial charge on any atom is -0.368 e. The van der Waals surface area contributed by atoms with Gasteiger partial charge in [-0.2, -0.15) is 0 Å². The van der Waals surface area contributed by atoms with Crippen LogP contribution in [0.3, 0.4) is 0 Å². The Kier molecular flexibility index (Phi) is 4.10. The number of carbonyl (C=O) groups excluding carboxylic acids is 2. The Morgan fingerprint density at radius 3 is 2.53 bits per heavy atom. The second-order valence-electron chi connectivity index (χ2n) is 3.08. The van der Waals surface area contributed by atoms with Gasteiger partial charge in [-0.1, -0.05) is 13.2 Å². The molecule has 6 nitrogen and oxygen atoms in total. The Balaban J connectivity index is 2.91. The van der Waals surface area contributed by atoms with Crippen LogP contribution in [0.4, 0.5) is 0 Å². The predicted molar refractivity (Wildman–Crippen MR) is 63.7 cm³/mol. The van der Waals surface area contributed by atoms with Gasteiger partial charge in [-0.05, 0) is 12.2 Å². The summed E-state index contributed by atoms with van der Waals surface area (Å²) in [6.07, 6.45) is 4.27. The SMILES string of the molecule is C=Cc1ncc(C(=O)NCC(N)=O)nc1C=C. The van der Waals surface area contributed by atoms with E-state index in [9.17, 15) is 9.59 Å². The third-order valence-corrected chi connectivity index (χ3v) is 1.87. The summed E-state index contributed by atoms with van der Waals surface area (Å²) in [4.78, 5) is 30.0. The number of carbonyl (C=O) groups is 2. The van der Waals surface area contributed by atoms with E-state index in [2.05, 4.69) is 28.4 Å². The van der Waals surface area contributed by atoms with E-state index in [0.717, 1.165) is 0 Å². The van der Waals surface area contributed by atoms with Crippen LogP contribution in [0, 0.1) is 0 Å². The van der Waals surface area contributed by atoms with Gasteiger partial charge in [-0.25, -0.2) is 4.98 Å². The van der Waals surface area contributed by atoms with Gasteiger partial charge < -0.3 is 11.1 Å². The molecule has 0 saturated carbocycles. The normalized spacial score (nSPS) is 9.41. The zero-order valence-corrected chi connectivity index (χ0v) is 9.14. The number of nitrogens with two attached hydrogens (primary N) is 1. The molecule has 0 aliphatic rings. The molecule has 0 aliphatic carbocycles. The van der Waals surface area contributed by atoms with E-state index in [1.54, 1.807) is 0 Å². The van der Waals surface area contributed by atoms with E-state index in [4.69, 9.17) is 5.73 Å². The predicted octanol–water partition coefficient (Wildman–Crippen LogP) is -0.0223. The van der Waals surface area contributed by atoms with Crippen molar-refractivity contribution in [2.45, 2.75) is 0 Å². The van der Waals surface area contributed by atoms with Gasteiger partial charge in [0.1, 0.15) is 5.69 Å². The smallest absolute Gasteiger partial charge is 0.271 e. The Hall–Kier alpha value is -2.50. The van der Waals surface area contributed by atoms with Gasteiger partial charge in [0.25, 0.3) is 5.91 Å². The first-order valence-electron chi connectivity index (χ1n) is 4.77. The minimum atomic E-state index is -0.627. The Bertz CT molecular complexity index is 482. The Morgan fingerprint density at radius 1 is 1.35 bits per heavy atom. The Labute approximate surface area is 98.3 Å². The van der Waals surface area contributed by atoms with Crippen molar-refractivity contribution >= 4 is 24.0 Å². The summed E-state index contributed by atoms with van der Waals surface area (Å²) in [6, 6.07) is 0. The first-order chi connectivity index (χ1) is 8.08. The van der Waals surface area contributed by atoms with Gasteiger partial charge in [0.15, 0.2) is 0 Å². The van der Waals surface area contributed by atoms with E-state index >= 15 is 0 Å². The number of amides is 2.